The molecule has 0 spiro atoms. The molecule has 0 aliphatic rings. The van der Waals surface area contributed by atoms with Gasteiger partial charge < -0.3 is 10.2 Å². The Morgan fingerprint density at radius 3 is 2.00 bits per heavy atom. The van der Waals surface area contributed by atoms with Gasteiger partial charge in [0.1, 0.15) is 12.6 Å². The predicted octanol–water partition coefficient (Wildman–Crippen LogP) is 5.97. The Labute approximate surface area is 261 Å². The number of carbonyl (C=O) groups excluding carboxylic acids is 2. The second-order valence-corrected chi connectivity index (χ2v) is 13.3. The predicted molar refractivity (Wildman–Crippen MR) is 176 cm³/mol. The van der Waals surface area contributed by atoms with Crippen LogP contribution in [0, 0.1) is 20.8 Å². The van der Waals surface area contributed by atoms with Crippen molar-refractivity contribution in [3.05, 3.63) is 131 Å². The van der Waals surface area contributed by atoms with Crippen LogP contribution in [-0.2, 0) is 32.6 Å². The maximum absolute atomic E-state index is 14.6. The summed E-state index contributed by atoms with van der Waals surface area (Å²) in [5.74, 6) is -0.776. The van der Waals surface area contributed by atoms with Crippen molar-refractivity contribution in [2.75, 3.05) is 10.8 Å². The minimum Gasteiger partial charge on any atom is -0.352 e. The number of aryl methyl sites for hydroxylation is 3. The van der Waals surface area contributed by atoms with Gasteiger partial charge >= 0.3 is 0 Å². The van der Waals surface area contributed by atoms with Crippen LogP contribution in [0.15, 0.2) is 108 Å². The van der Waals surface area contributed by atoms with E-state index in [0.717, 1.165) is 27.8 Å². The van der Waals surface area contributed by atoms with E-state index in [9.17, 15) is 18.0 Å². The molecule has 2 amide bonds. The summed E-state index contributed by atoms with van der Waals surface area (Å²) in [6, 6.07) is 29.8. The summed E-state index contributed by atoms with van der Waals surface area (Å²) < 4.78 is 29.5. The number of nitrogens with zero attached hydrogens (tertiary/aromatic N) is 2. The zero-order valence-corrected chi connectivity index (χ0v) is 26.8. The lowest BCUT2D eigenvalue weighted by Gasteiger charge is -2.34. The molecular weight excluding hydrogens is 570 g/mol. The van der Waals surface area contributed by atoms with Gasteiger partial charge in [0, 0.05) is 19.0 Å². The van der Waals surface area contributed by atoms with E-state index in [1.54, 1.807) is 24.3 Å². The van der Waals surface area contributed by atoms with E-state index >= 15 is 0 Å². The fraction of sp³-hybridized carbons (Fsp3) is 0.278. The van der Waals surface area contributed by atoms with Crippen LogP contribution in [0.4, 0.5) is 5.69 Å². The first-order valence-corrected chi connectivity index (χ1v) is 16.2. The van der Waals surface area contributed by atoms with E-state index < -0.39 is 28.5 Å². The molecule has 0 aliphatic carbocycles. The molecule has 4 rings (SSSR count). The van der Waals surface area contributed by atoms with Crippen molar-refractivity contribution < 1.29 is 18.0 Å². The first kappa shape index (κ1) is 32.5. The van der Waals surface area contributed by atoms with Crippen molar-refractivity contribution in [1.82, 2.24) is 10.2 Å². The van der Waals surface area contributed by atoms with E-state index in [2.05, 4.69) is 5.32 Å². The maximum Gasteiger partial charge on any atom is 0.264 e. The number of carbonyl (C=O) groups is 2. The zero-order valence-electron chi connectivity index (χ0n) is 26.0. The average molecular weight is 612 g/mol. The zero-order chi connectivity index (χ0) is 31.9. The Morgan fingerprint density at radius 1 is 0.773 bits per heavy atom. The Kier molecular flexibility index (Phi) is 10.6. The maximum atomic E-state index is 14.6. The van der Waals surface area contributed by atoms with Gasteiger partial charge in [-0.25, -0.2) is 8.42 Å². The lowest BCUT2D eigenvalue weighted by molar-refractivity contribution is -0.140. The molecule has 230 valence electrons. The Balaban J connectivity index is 1.83. The first-order chi connectivity index (χ1) is 21.0. The second kappa shape index (κ2) is 14.4. The summed E-state index contributed by atoms with van der Waals surface area (Å²) in [6.07, 6.45) is 0.270. The normalized spacial score (nSPS) is 12.0. The molecule has 0 saturated carbocycles. The molecule has 4 aromatic rings. The Hall–Kier alpha value is -4.43. The van der Waals surface area contributed by atoms with E-state index in [0.29, 0.717) is 5.69 Å². The summed E-state index contributed by atoms with van der Waals surface area (Å²) in [7, 11) is -4.14. The van der Waals surface area contributed by atoms with E-state index in [1.165, 1.54) is 21.3 Å². The van der Waals surface area contributed by atoms with Gasteiger partial charge in [0.15, 0.2) is 0 Å². The fourth-order valence-electron chi connectivity index (χ4n) is 5.22. The second-order valence-electron chi connectivity index (χ2n) is 11.4. The number of hydrogen-bond acceptors (Lipinski definition) is 4. The molecule has 0 fully saturated rings. The van der Waals surface area contributed by atoms with Gasteiger partial charge in [0.05, 0.1) is 10.6 Å². The molecule has 0 aromatic heterocycles. The molecule has 0 aliphatic heterocycles. The topological polar surface area (TPSA) is 86.8 Å². The highest BCUT2D eigenvalue weighted by Crippen LogP contribution is 2.28. The molecule has 4 aromatic carbocycles. The standard InChI is InChI=1S/C36H41N3O4S/c1-26(2)37-36(41)34(23-30-15-8-6-9-16-30)38(24-31-17-13-12-14-28(31)4)35(40)25-39(33-21-20-27(3)22-29(33)5)44(42,43)32-18-10-7-11-19-32/h6-22,26,34H,23-25H2,1-5H3,(H,37,41)/t34-/m1/s1. The van der Waals surface area contributed by atoms with Crippen LogP contribution in [0.3, 0.4) is 0 Å². The van der Waals surface area contributed by atoms with Crippen LogP contribution >= 0.6 is 0 Å². The third-order valence-corrected chi connectivity index (χ3v) is 9.31. The van der Waals surface area contributed by atoms with Gasteiger partial charge in [0.25, 0.3) is 10.0 Å². The molecule has 0 radical (unpaired) electrons. The minimum atomic E-state index is -4.14. The van der Waals surface area contributed by atoms with Crippen molar-refractivity contribution in [1.29, 1.82) is 0 Å². The average Bonchev–Trinajstić information content (AvgIpc) is 2.99. The van der Waals surface area contributed by atoms with Crippen molar-refractivity contribution in [2.45, 2.75) is 64.6 Å². The number of sulfonamides is 1. The lowest BCUT2D eigenvalue weighted by atomic mass is 10.0. The summed E-state index contributed by atoms with van der Waals surface area (Å²) in [5, 5.41) is 2.99. The van der Waals surface area contributed by atoms with Crippen molar-refractivity contribution >= 4 is 27.5 Å². The van der Waals surface area contributed by atoms with Crippen LogP contribution in [0.5, 0.6) is 0 Å². The summed E-state index contributed by atoms with van der Waals surface area (Å²) in [5.41, 5.74) is 4.85. The SMILES string of the molecule is Cc1ccc(N(CC(=O)N(Cc2ccccc2C)[C@H](Cc2ccccc2)C(=O)NC(C)C)S(=O)(=O)c2ccccc2)c(C)c1. The number of anilines is 1. The van der Waals surface area contributed by atoms with Crippen molar-refractivity contribution in [3.8, 4) is 0 Å². The largest absolute Gasteiger partial charge is 0.352 e. The molecule has 0 bridgehead atoms. The molecule has 0 unspecified atom stereocenters. The van der Waals surface area contributed by atoms with Crippen LogP contribution in [0.1, 0.15) is 41.7 Å². The van der Waals surface area contributed by atoms with E-state index in [-0.39, 0.29) is 29.8 Å². The first-order valence-electron chi connectivity index (χ1n) is 14.8. The molecule has 44 heavy (non-hydrogen) atoms. The van der Waals surface area contributed by atoms with Gasteiger partial charge in [-0.1, -0.05) is 90.5 Å². The van der Waals surface area contributed by atoms with E-state index in [4.69, 9.17) is 0 Å². The van der Waals surface area contributed by atoms with Crippen LogP contribution < -0.4 is 9.62 Å². The lowest BCUT2D eigenvalue weighted by Crippen LogP contribution is -2.54. The van der Waals surface area contributed by atoms with Crippen molar-refractivity contribution in [3.63, 3.8) is 0 Å². The molecule has 1 N–H and O–H groups in total. The molecule has 7 nitrogen and oxygen atoms in total. The summed E-state index contributed by atoms with van der Waals surface area (Å²) >= 11 is 0. The smallest absolute Gasteiger partial charge is 0.264 e. The van der Waals surface area contributed by atoms with Crippen LogP contribution in [-0.4, -0.2) is 43.8 Å². The van der Waals surface area contributed by atoms with Crippen LogP contribution in [0.25, 0.3) is 0 Å². The summed E-state index contributed by atoms with van der Waals surface area (Å²) in [6.45, 7) is 9.13. The minimum absolute atomic E-state index is 0.0802. The highest BCUT2D eigenvalue weighted by molar-refractivity contribution is 7.92. The molecule has 1 atom stereocenters. The van der Waals surface area contributed by atoms with Gasteiger partial charge in [-0.05, 0) is 75.1 Å². The van der Waals surface area contributed by atoms with Crippen LogP contribution in [0.2, 0.25) is 0 Å². The highest BCUT2D eigenvalue weighted by Gasteiger charge is 2.35. The third-order valence-electron chi connectivity index (χ3n) is 7.54. The quantitative estimate of drug-likeness (QED) is 0.214. The fourth-order valence-corrected chi connectivity index (χ4v) is 6.72. The number of benzene rings is 4. The molecule has 0 saturated heterocycles. The number of rotatable bonds is 12. The highest BCUT2D eigenvalue weighted by atomic mass is 32.2. The molecule has 8 heteroatoms. The van der Waals surface area contributed by atoms with Gasteiger partial charge in [-0.2, -0.15) is 0 Å². The van der Waals surface area contributed by atoms with Gasteiger partial charge in [-0.3, -0.25) is 13.9 Å². The number of amides is 2. The third kappa shape index (κ3) is 7.94. The van der Waals surface area contributed by atoms with Gasteiger partial charge in [-0.15, -0.1) is 0 Å². The molecular formula is C36H41N3O4S. The Morgan fingerprint density at radius 2 is 1.39 bits per heavy atom. The summed E-state index contributed by atoms with van der Waals surface area (Å²) in [4.78, 5) is 30.0. The van der Waals surface area contributed by atoms with E-state index in [1.807, 2.05) is 101 Å². The number of hydrogen-bond donors (Lipinski definition) is 1. The van der Waals surface area contributed by atoms with Gasteiger partial charge in [0.2, 0.25) is 11.8 Å². The Bertz CT molecular complexity index is 1690. The molecule has 0 heterocycles. The van der Waals surface area contributed by atoms with Crippen molar-refractivity contribution in [2.24, 2.45) is 0 Å². The number of nitrogens with one attached hydrogen (secondary N) is 1. The monoisotopic (exact) mass is 611 g/mol.